The van der Waals surface area contributed by atoms with Crippen LogP contribution in [0.25, 0.3) is 33.1 Å². The van der Waals surface area contributed by atoms with Crippen molar-refractivity contribution in [2.24, 2.45) is 7.05 Å². The quantitative estimate of drug-likeness (QED) is 0.516. The van der Waals surface area contributed by atoms with Gasteiger partial charge in [0.15, 0.2) is 0 Å². The largest absolute Gasteiger partial charge is 0.361 e. The number of aryl methyl sites for hydroxylation is 1. The van der Waals surface area contributed by atoms with Gasteiger partial charge >= 0.3 is 0 Å². The maximum Gasteiger partial charge on any atom is 0.0489 e. The molecule has 2 heterocycles. The highest BCUT2D eigenvalue weighted by atomic mass is 14.9. The molecule has 19 heavy (non-hydrogen) atoms. The number of nitrogens with zero attached hydrogens (tertiary/aromatic N) is 1. The Morgan fingerprint density at radius 3 is 2.68 bits per heavy atom. The van der Waals surface area contributed by atoms with Gasteiger partial charge in [-0.25, -0.2) is 0 Å². The average molecular weight is 246 g/mol. The number of H-pyrrole nitrogens is 1. The van der Waals surface area contributed by atoms with Gasteiger partial charge in [-0.2, -0.15) is 0 Å². The van der Waals surface area contributed by atoms with E-state index in [0.717, 1.165) is 0 Å². The lowest BCUT2D eigenvalue weighted by atomic mass is 10.1. The van der Waals surface area contributed by atoms with Crippen molar-refractivity contribution in [3.05, 3.63) is 60.8 Å². The molecule has 2 nitrogen and oxygen atoms in total. The molecule has 0 aliphatic rings. The zero-order chi connectivity index (χ0) is 12.8. The third-order valence-corrected chi connectivity index (χ3v) is 3.80. The van der Waals surface area contributed by atoms with Gasteiger partial charge in [0.25, 0.3) is 0 Å². The van der Waals surface area contributed by atoms with Gasteiger partial charge in [0, 0.05) is 40.9 Å². The molecule has 0 atom stereocenters. The van der Waals surface area contributed by atoms with Crippen molar-refractivity contribution in [3.63, 3.8) is 0 Å². The number of aromatic nitrogens is 2. The Morgan fingerprint density at radius 2 is 1.79 bits per heavy atom. The number of hydrogen-bond donors (Lipinski definition) is 1. The van der Waals surface area contributed by atoms with Gasteiger partial charge in [0.1, 0.15) is 0 Å². The molecule has 0 fully saturated rings. The maximum atomic E-state index is 3.27. The first-order chi connectivity index (χ1) is 9.33. The molecule has 0 saturated heterocycles. The SMILES string of the molecule is Cn1c(-c2ccc3cc[nH]c3c2)cc2ccccc21. The van der Waals surface area contributed by atoms with Crippen molar-refractivity contribution in [2.45, 2.75) is 0 Å². The van der Waals surface area contributed by atoms with E-state index in [4.69, 9.17) is 0 Å². The second kappa shape index (κ2) is 3.75. The summed E-state index contributed by atoms with van der Waals surface area (Å²) in [5, 5.41) is 2.54. The summed E-state index contributed by atoms with van der Waals surface area (Å²) in [5.74, 6) is 0. The molecule has 2 aromatic carbocycles. The number of fused-ring (bicyclic) bond motifs is 2. The molecular formula is C17H14N2. The standard InChI is InChI=1S/C17H14N2/c1-19-16-5-3-2-4-13(16)11-17(19)14-7-6-12-8-9-18-15(12)10-14/h2-11,18H,1H3. The lowest BCUT2D eigenvalue weighted by molar-refractivity contribution is 0.978. The Labute approximate surface area is 111 Å². The molecule has 1 N–H and O–H groups in total. The van der Waals surface area contributed by atoms with E-state index in [1.807, 2.05) is 6.20 Å². The zero-order valence-corrected chi connectivity index (χ0v) is 10.7. The van der Waals surface area contributed by atoms with E-state index in [2.05, 4.69) is 71.2 Å². The van der Waals surface area contributed by atoms with Gasteiger partial charge in [-0.1, -0.05) is 30.3 Å². The van der Waals surface area contributed by atoms with Gasteiger partial charge in [0.05, 0.1) is 0 Å². The lowest BCUT2D eigenvalue weighted by Gasteiger charge is -2.04. The molecule has 0 aliphatic carbocycles. The Kier molecular flexibility index (Phi) is 2.06. The number of aromatic amines is 1. The summed E-state index contributed by atoms with van der Waals surface area (Å²) < 4.78 is 2.25. The van der Waals surface area contributed by atoms with Crippen molar-refractivity contribution in [2.75, 3.05) is 0 Å². The van der Waals surface area contributed by atoms with Crippen LogP contribution in [0, 0.1) is 0 Å². The van der Waals surface area contributed by atoms with E-state index in [1.165, 1.54) is 33.1 Å². The average Bonchev–Trinajstić information content (AvgIpc) is 3.03. The highest BCUT2D eigenvalue weighted by molar-refractivity contribution is 5.90. The van der Waals surface area contributed by atoms with Crippen molar-refractivity contribution in [3.8, 4) is 11.3 Å². The summed E-state index contributed by atoms with van der Waals surface area (Å²) in [6.45, 7) is 0. The predicted octanol–water partition coefficient (Wildman–Crippen LogP) is 4.33. The van der Waals surface area contributed by atoms with Crippen LogP contribution in [0.2, 0.25) is 0 Å². The molecule has 0 amide bonds. The van der Waals surface area contributed by atoms with Crippen LogP contribution in [0.15, 0.2) is 60.8 Å². The molecule has 0 radical (unpaired) electrons. The smallest absolute Gasteiger partial charge is 0.0489 e. The highest BCUT2D eigenvalue weighted by Crippen LogP contribution is 2.28. The molecule has 0 unspecified atom stereocenters. The van der Waals surface area contributed by atoms with Crippen LogP contribution in [-0.4, -0.2) is 9.55 Å². The van der Waals surface area contributed by atoms with Crippen LogP contribution in [0.3, 0.4) is 0 Å². The van der Waals surface area contributed by atoms with Gasteiger partial charge in [0.2, 0.25) is 0 Å². The highest BCUT2D eigenvalue weighted by Gasteiger charge is 2.08. The summed E-state index contributed by atoms with van der Waals surface area (Å²) in [6, 6.07) is 19.4. The minimum atomic E-state index is 1.18. The van der Waals surface area contributed by atoms with E-state index in [0.29, 0.717) is 0 Å². The van der Waals surface area contributed by atoms with Gasteiger partial charge < -0.3 is 9.55 Å². The summed E-state index contributed by atoms with van der Waals surface area (Å²) in [7, 11) is 2.12. The van der Waals surface area contributed by atoms with Crippen LogP contribution in [0.1, 0.15) is 0 Å². The summed E-state index contributed by atoms with van der Waals surface area (Å²) in [4.78, 5) is 3.27. The number of hydrogen-bond acceptors (Lipinski definition) is 0. The van der Waals surface area contributed by atoms with Crippen molar-refractivity contribution < 1.29 is 0 Å². The molecular weight excluding hydrogens is 232 g/mol. The van der Waals surface area contributed by atoms with Crippen LogP contribution >= 0.6 is 0 Å². The molecule has 4 rings (SSSR count). The normalized spacial score (nSPS) is 11.4. The van der Waals surface area contributed by atoms with E-state index in [-0.39, 0.29) is 0 Å². The summed E-state index contributed by atoms with van der Waals surface area (Å²) in [5.41, 5.74) is 4.94. The molecule has 4 aromatic rings. The van der Waals surface area contributed by atoms with Crippen molar-refractivity contribution in [1.29, 1.82) is 0 Å². The minimum absolute atomic E-state index is 1.18. The van der Waals surface area contributed by atoms with E-state index in [1.54, 1.807) is 0 Å². The fourth-order valence-electron chi connectivity index (χ4n) is 2.77. The second-order valence-corrected chi connectivity index (χ2v) is 4.93. The van der Waals surface area contributed by atoms with Gasteiger partial charge in [-0.3, -0.25) is 0 Å². The second-order valence-electron chi connectivity index (χ2n) is 4.93. The lowest BCUT2D eigenvalue weighted by Crippen LogP contribution is -1.90. The Morgan fingerprint density at radius 1 is 0.895 bits per heavy atom. The third-order valence-electron chi connectivity index (χ3n) is 3.80. The molecule has 0 bridgehead atoms. The minimum Gasteiger partial charge on any atom is -0.361 e. The van der Waals surface area contributed by atoms with Crippen LogP contribution in [0.4, 0.5) is 0 Å². The number of rotatable bonds is 1. The van der Waals surface area contributed by atoms with Crippen LogP contribution in [-0.2, 0) is 7.05 Å². The van der Waals surface area contributed by atoms with Crippen molar-refractivity contribution >= 4 is 21.8 Å². The number of benzene rings is 2. The van der Waals surface area contributed by atoms with Crippen LogP contribution in [0.5, 0.6) is 0 Å². The zero-order valence-electron chi connectivity index (χ0n) is 10.7. The first-order valence-corrected chi connectivity index (χ1v) is 6.45. The van der Waals surface area contributed by atoms with Gasteiger partial charge in [-0.15, -0.1) is 0 Å². The third kappa shape index (κ3) is 1.50. The first kappa shape index (κ1) is 10.4. The first-order valence-electron chi connectivity index (χ1n) is 6.45. The molecule has 0 spiro atoms. The molecule has 92 valence electrons. The monoisotopic (exact) mass is 246 g/mol. The fraction of sp³-hybridized carbons (Fsp3) is 0.0588. The Bertz CT molecular complexity index is 880. The predicted molar refractivity (Wildman–Crippen MR) is 80.2 cm³/mol. The number of para-hydroxylation sites is 1. The van der Waals surface area contributed by atoms with Crippen molar-refractivity contribution in [1.82, 2.24) is 9.55 Å². The summed E-state index contributed by atoms with van der Waals surface area (Å²) in [6.07, 6.45) is 1.98. The van der Waals surface area contributed by atoms with Crippen LogP contribution < -0.4 is 0 Å². The molecule has 0 aliphatic heterocycles. The fourth-order valence-corrected chi connectivity index (χ4v) is 2.77. The van der Waals surface area contributed by atoms with E-state index >= 15 is 0 Å². The Hall–Kier alpha value is -2.48. The molecule has 2 aromatic heterocycles. The van der Waals surface area contributed by atoms with Gasteiger partial charge in [-0.05, 0) is 29.7 Å². The van der Waals surface area contributed by atoms with E-state index in [9.17, 15) is 0 Å². The Balaban J connectivity index is 2.00. The maximum absolute atomic E-state index is 3.27. The topological polar surface area (TPSA) is 20.7 Å². The molecule has 0 saturated carbocycles. The summed E-state index contributed by atoms with van der Waals surface area (Å²) >= 11 is 0. The van der Waals surface area contributed by atoms with E-state index < -0.39 is 0 Å². The number of nitrogens with one attached hydrogen (secondary N) is 1. The molecule has 2 heteroatoms.